The molecule has 0 unspecified atom stereocenters. The zero-order valence-electron chi connectivity index (χ0n) is 19.6. The van der Waals surface area contributed by atoms with Crippen LogP contribution in [0.5, 0.6) is 0 Å². The maximum absolute atomic E-state index is 13.5. The summed E-state index contributed by atoms with van der Waals surface area (Å²) in [6.07, 6.45) is 3.77. The Morgan fingerprint density at radius 2 is 1.65 bits per heavy atom. The molecule has 1 N–H and O–H groups in total. The number of aromatic nitrogens is 2. The van der Waals surface area contributed by atoms with Crippen LogP contribution < -0.4 is 10.9 Å². The third kappa shape index (κ3) is 5.10. The first-order valence-corrected chi connectivity index (χ1v) is 11.4. The molecule has 0 bridgehead atoms. The summed E-state index contributed by atoms with van der Waals surface area (Å²) in [5.74, 6) is 0.321. The first-order valence-electron chi connectivity index (χ1n) is 11.0. The van der Waals surface area contributed by atoms with Gasteiger partial charge in [-0.2, -0.15) is 0 Å². The second-order valence-electron chi connectivity index (χ2n) is 9.21. The second kappa shape index (κ2) is 9.27. The van der Waals surface area contributed by atoms with E-state index in [2.05, 4.69) is 50.4 Å². The van der Waals surface area contributed by atoms with E-state index < -0.39 is 0 Å². The van der Waals surface area contributed by atoms with Crippen LogP contribution in [-0.4, -0.2) is 15.5 Å². The number of halogens is 1. The van der Waals surface area contributed by atoms with E-state index in [0.717, 1.165) is 5.56 Å². The predicted molar refractivity (Wildman–Crippen MR) is 141 cm³/mol. The van der Waals surface area contributed by atoms with Crippen molar-refractivity contribution >= 4 is 46.3 Å². The van der Waals surface area contributed by atoms with Gasteiger partial charge in [-0.05, 0) is 65.1 Å². The van der Waals surface area contributed by atoms with Crippen LogP contribution in [0.2, 0.25) is 5.02 Å². The Hall–Kier alpha value is -3.70. The number of hydrogen-bond acceptors (Lipinski definition) is 3. The van der Waals surface area contributed by atoms with Crippen LogP contribution in [0.1, 0.15) is 44.6 Å². The van der Waals surface area contributed by atoms with E-state index in [-0.39, 0.29) is 16.9 Å². The number of hydrogen-bond donors (Lipinski definition) is 1. The van der Waals surface area contributed by atoms with Gasteiger partial charge in [-0.15, -0.1) is 0 Å². The molecule has 0 saturated heterocycles. The standard InChI is InChI=1S/C28H26ClN3O2/c1-18(33)30-22-11-13-23(14-12-22)32-26(31-25-17-21(29)10-15-24(25)27(32)34)16-7-19-5-8-20(9-6-19)28(2,3)4/h5-17H,1-4H3,(H,30,33). The van der Waals surface area contributed by atoms with Gasteiger partial charge in [-0.3, -0.25) is 14.2 Å². The van der Waals surface area contributed by atoms with Crippen LogP contribution >= 0.6 is 11.6 Å². The second-order valence-corrected chi connectivity index (χ2v) is 9.64. The lowest BCUT2D eigenvalue weighted by Crippen LogP contribution is -2.22. The fourth-order valence-electron chi connectivity index (χ4n) is 3.70. The molecule has 3 aromatic carbocycles. The molecular weight excluding hydrogens is 446 g/mol. The van der Waals surface area contributed by atoms with Gasteiger partial charge >= 0.3 is 0 Å². The first-order chi connectivity index (χ1) is 16.1. The molecule has 0 radical (unpaired) electrons. The van der Waals surface area contributed by atoms with Crippen LogP contribution in [0.3, 0.4) is 0 Å². The number of benzene rings is 3. The molecule has 1 amide bonds. The number of nitrogens with one attached hydrogen (secondary N) is 1. The highest BCUT2D eigenvalue weighted by atomic mass is 35.5. The van der Waals surface area contributed by atoms with Gasteiger partial charge in [-0.25, -0.2) is 4.98 Å². The van der Waals surface area contributed by atoms with Gasteiger partial charge in [-0.1, -0.05) is 62.7 Å². The molecule has 0 spiro atoms. The fraction of sp³-hybridized carbons (Fsp3) is 0.179. The summed E-state index contributed by atoms with van der Waals surface area (Å²) < 4.78 is 1.56. The third-order valence-corrected chi connectivity index (χ3v) is 5.74. The van der Waals surface area contributed by atoms with Gasteiger partial charge in [0.05, 0.1) is 16.6 Å². The molecule has 1 heterocycles. The largest absolute Gasteiger partial charge is 0.326 e. The Kier molecular flexibility index (Phi) is 6.40. The monoisotopic (exact) mass is 471 g/mol. The molecule has 6 heteroatoms. The number of nitrogens with zero attached hydrogens (tertiary/aromatic N) is 2. The molecule has 4 aromatic rings. The highest BCUT2D eigenvalue weighted by Gasteiger charge is 2.14. The number of fused-ring (bicyclic) bond motifs is 1. The van der Waals surface area contributed by atoms with Crippen LogP contribution in [-0.2, 0) is 10.2 Å². The molecule has 0 atom stereocenters. The summed E-state index contributed by atoms with van der Waals surface area (Å²) in [7, 11) is 0. The third-order valence-electron chi connectivity index (χ3n) is 5.50. The maximum Gasteiger partial charge on any atom is 0.266 e. The topological polar surface area (TPSA) is 64.0 Å². The molecule has 0 aliphatic heterocycles. The minimum Gasteiger partial charge on any atom is -0.326 e. The Bertz CT molecular complexity index is 1440. The molecule has 0 saturated carbocycles. The van der Waals surface area contributed by atoms with Crippen molar-refractivity contribution in [2.45, 2.75) is 33.1 Å². The van der Waals surface area contributed by atoms with Gasteiger partial charge in [0, 0.05) is 17.6 Å². The summed E-state index contributed by atoms with van der Waals surface area (Å²) in [5.41, 5.74) is 3.96. The van der Waals surface area contributed by atoms with Crippen LogP contribution in [0.25, 0.3) is 28.7 Å². The normalized spacial score (nSPS) is 11.8. The van der Waals surface area contributed by atoms with Gasteiger partial charge in [0.2, 0.25) is 5.91 Å². The summed E-state index contributed by atoms with van der Waals surface area (Å²) in [6.45, 7) is 7.99. The Morgan fingerprint density at radius 3 is 2.26 bits per heavy atom. The number of rotatable bonds is 4. The predicted octanol–water partition coefficient (Wildman–Crippen LogP) is 6.47. The molecule has 0 aliphatic rings. The van der Waals surface area contributed by atoms with E-state index in [1.807, 2.05) is 12.2 Å². The molecule has 0 aliphatic carbocycles. The smallest absolute Gasteiger partial charge is 0.266 e. The van der Waals surface area contributed by atoms with Crippen LogP contribution in [0.4, 0.5) is 5.69 Å². The van der Waals surface area contributed by atoms with Gasteiger partial charge < -0.3 is 5.32 Å². The number of amides is 1. The van der Waals surface area contributed by atoms with Crippen molar-refractivity contribution in [1.29, 1.82) is 0 Å². The minimum atomic E-state index is -0.198. The lowest BCUT2D eigenvalue weighted by atomic mass is 9.87. The highest BCUT2D eigenvalue weighted by molar-refractivity contribution is 6.31. The van der Waals surface area contributed by atoms with E-state index in [0.29, 0.717) is 33.1 Å². The molecule has 172 valence electrons. The summed E-state index contributed by atoms with van der Waals surface area (Å²) in [5, 5.41) is 3.73. The van der Waals surface area contributed by atoms with E-state index in [1.54, 1.807) is 47.0 Å². The van der Waals surface area contributed by atoms with Gasteiger partial charge in [0.1, 0.15) is 5.82 Å². The van der Waals surface area contributed by atoms with E-state index in [4.69, 9.17) is 16.6 Å². The highest BCUT2D eigenvalue weighted by Crippen LogP contribution is 2.23. The summed E-state index contributed by atoms with van der Waals surface area (Å²) in [4.78, 5) is 29.6. The van der Waals surface area contributed by atoms with Crippen LogP contribution in [0, 0.1) is 0 Å². The Labute approximate surface area is 203 Å². The zero-order chi connectivity index (χ0) is 24.5. The summed E-state index contributed by atoms with van der Waals surface area (Å²) >= 11 is 6.16. The van der Waals surface area contributed by atoms with Crippen molar-refractivity contribution in [3.8, 4) is 5.69 Å². The van der Waals surface area contributed by atoms with Crippen molar-refractivity contribution in [3.63, 3.8) is 0 Å². The Balaban J connectivity index is 1.82. The molecule has 5 nitrogen and oxygen atoms in total. The maximum atomic E-state index is 13.5. The quantitative estimate of drug-likeness (QED) is 0.371. The van der Waals surface area contributed by atoms with Gasteiger partial charge in [0.15, 0.2) is 0 Å². The SMILES string of the molecule is CC(=O)Nc1ccc(-n2c(C=Cc3ccc(C(C)(C)C)cc3)nc3cc(Cl)ccc3c2=O)cc1. The van der Waals surface area contributed by atoms with E-state index in [9.17, 15) is 9.59 Å². The average Bonchev–Trinajstić information content (AvgIpc) is 2.77. The Morgan fingerprint density at radius 1 is 0.971 bits per heavy atom. The van der Waals surface area contributed by atoms with Crippen molar-refractivity contribution in [3.05, 3.63) is 99.1 Å². The fourth-order valence-corrected chi connectivity index (χ4v) is 3.87. The van der Waals surface area contributed by atoms with E-state index >= 15 is 0 Å². The number of carbonyl (C=O) groups excluding carboxylic acids is 1. The molecule has 0 fully saturated rings. The van der Waals surface area contributed by atoms with Crippen molar-refractivity contribution in [2.24, 2.45) is 0 Å². The van der Waals surface area contributed by atoms with Crippen molar-refractivity contribution in [2.75, 3.05) is 5.32 Å². The van der Waals surface area contributed by atoms with E-state index in [1.165, 1.54) is 12.5 Å². The van der Waals surface area contributed by atoms with Gasteiger partial charge in [0.25, 0.3) is 5.56 Å². The molecular formula is C28H26ClN3O2. The van der Waals surface area contributed by atoms with Crippen molar-refractivity contribution < 1.29 is 4.79 Å². The lowest BCUT2D eigenvalue weighted by molar-refractivity contribution is -0.114. The minimum absolute atomic E-state index is 0.0747. The lowest BCUT2D eigenvalue weighted by Gasteiger charge is -2.18. The number of anilines is 1. The molecule has 1 aromatic heterocycles. The summed E-state index contributed by atoms with van der Waals surface area (Å²) in [6, 6.07) is 20.5. The number of carbonyl (C=O) groups is 1. The molecule has 34 heavy (non-hydrogen) atoms. The zero-order valence-corrected chi connectivity index (χ0v) is 20.4. The average molecular weight is 472 g/mol. The van der Waals surface area contributed by atoms with Crippen molar-refractivity contribution in [1.82, 2.24) is 9.55 Å². The van der Waals surface area contributed by atoms with Crippen LogP contribution in [0.15, 0.2) is 71.5 Å². The molecule has 4 rings (SSSR count). The first kappa shape index (κ1) is 23.5.